The van der Waals surface area contributed by atoms with Gasteiger partial charge in [0, 0.05) is 0 Å². The number of hydrogen-bond acceptors (Lipinski definition) is 1. The standard InChI is InChI=1S/C15H19ClOSe/c1-3-5-7-14(17)15(6-4-2)18-13-10-8-12(16)9-11-13/h6,8-11H,3-5,7H2,1-2H3/b15-6-. The van der Waals surface area contributed by atoms with Crippen LogP contribution in [0.15, 0.2) is 34.8 Å². The average Bonchev–Trinajstić information content (AvgIpc) is 2.38. The molecule has 0 unspecified atom stereocenters. The van der Waals surface area contributed by atoms with E-state index >= 15 is 0 Å². The number of carbonyl (C=O) groups is 1. The van der Waals surface area contributed by atoms with Gasteiger partial charge in [-0.05, 0) is 0 Å². The molecule has 0 N–H and O–H groups in total. The van der Waals surface area contributed by atoms with Crippen molar-refractivity contribution in [1.29, 1.82) is 0 Å². The molecule has 0 atom stereocenters. The molecule has 0 aliphatic heterocycles. The molecule has 0 aromatic heterocycles. The van der Waals surface area contributed by atoms with E-state index in [4.69, 9.17) is 11.6 Å². The van der Waals surface area contributed by atoms with Gasteiger partial charge in [-0.15, -0.1) is 0 Å². The normalized spacial score (nSPS) is 11.6. The molecule has 3 heteroatoms. The van der Waals surface area contributed by atoms with Crippen LogP contribution < -0.4 is 4.46 Å². The van der Waals surface area contributed by atoms with Gasteiger partial charge in [-0.2, -0.15) is 0 Å². The predicted octanol–water partition coefficient (Wildman–Crippen LogP) is 3.72. The van der Waals surface area contributed by atoms with E-state index in [1.807, 2.05) is 24.3 Å². The fraction of sp³-hybridized carbons (Fsp3) is 0.400. The molecule has 0 spiro atoms. The molecule has 0 bridgehead atoms. The number of benzene rings is 1. The molecule has 0 amide bonds. The van der Waals surface area contributed by atoms with E-state index in [1.54, 1.807) is 0 Å². The Hall–Kier alpha value is -0.561. The summed E-state index contributed by atoms with van der Waals surface area (Å²) in [6.45, 7) is 4.19. The number of unbranched alkanes of at least 4 members (excludes halogenated alkanes) is 1. The van der Waals surface area contributed by atoms with Crippen LogP contribution in [0.1, 0.15) is 39.5 Å². The van der Waals surface area contributed by atoms with E-state index in [-0.39, 0.29) is 15.0 Å². The molecular weight excluding hydrogens is 311 g/mol. The Bertz CT molecular complexity index is 409. The maximum atomic E-state index is 12.1. The van der Waals surface area contributed by atoms with Crippen LogP contribution in [0.2, 0.25) is 5.02 Å². The van der Waals surface area contributed by atoms with Gasteiger partial charge >= 0.3 is 121 Å². The first-order chi connectivity index (χ1) is 8.67. The minimum atomic E-state index is 0.103. The molecule has 1 rings (SSSR count). The van der Waals surface area contributed by atoms with Crippen LogP contribution in [0.4, 0.5) is 0 Å². The van der Waals surface area contributed by atoms with Gasteiger partial charge in [-0.3, -0.25) is 0 Å². The molecule has 1 aromatic rings. The van der Waals surface area contributed by atoms with Crippen molar-refractivity contribution in [1.82, 2.24) is 0 Å². The summed E-state index contributed by atoms with van der Waals surface area (Å²) >= 11 is 5.97. The summed E-state index contributed by atoms with van der Waals surface area (Å²) in [5, 5.41) is 0.743. The molecule has 0 heterocycles. The van der Waals surface area contributed by atoms with Crippen molar-refractivity contribution in [2.24, 2.45) is 0 Å². The SMILES string of the molecule is CC/C=C(\[Se]c1ccc(Cl)cc1)C(=O)CCCC. The first-order valence-corrected chi connectivity index (χ1v) is 8.43. The second-order valence-electron chi connectivity index (χ2n) is 4.06. The average molecular weight is 330 g/mol. The van der Waals surface area contributed by atoms with Crippen molar-refractivity contribution in [3.8, 4) is 0 Å². The van der Waals surface area contributed by atoms with Crippen LogP contribution >= 0.6 is 11.6 Å². The molecule has 98 valence electrons. The molecule has 0 aliphatic rings. The van der Waals surface area contributed by atoms with Crippen molar-refractivity contribution < 1.29 is 4.79 Å². The van der Waals surface area contributed by atoms with Crippen molar-refractivity contribution in [3.63, 3.8) is 0 Å². The summed E-state index contributed by atoms with van der Waals surface area (Å²) in [4.78, 5) is 12.1. The second kappa shape index (κ2) is 8.53. The summed E-state index contributed by atoms with van der Waals surface area (Å²) in [5.41, 5.74) is 0. The second-order valence-corrected chi connectivity index (χ2v) is 6.84. The van der Waals surface area contributed by atoms with Crippen LogP contribution in [0.5, 0.6) is 0 Å². The summed E-state index contributed by atoms with van der Waals surface area (Å²) in [6, 6.07) is 7.80. The monoisotopic (exact) mass is 330 g/mol. The molecular formula is C15H19ClOSe. The molecule has 18 heavy (non-hydrogen) atoms. The first kappa shape index (κ1) is 15.5. The van der Waals surface area contributed by atoms with E-state index < -0.39 is 0 Å². The number of allylic oxidation sites excluding steroid dienone is 2. The molecule has 0 fully saturated rings. The summed E-state index contributed by atoms with van der Waals surface area (Å²) in [7, 11) is 0. The summed E-state index contributed by atoms with van der Waals surface area (Å²) < 4.78 is 2.21. The molecule has 0 saturated carbocycles. The van der Waals surface area contributed by atoms with Crippen LogP contribution in [0.3, 0.4) is 0 Å². The van der Waals surface area contributed by atoms with Crippen molar-refractivity contribution in [2.45, 2.75) is 39.5 Å². The van der Waals surface area contributed by atoms with Crippen molar-refractivity contribution in [2.75, 3.05) is 0 Å². The molecule has 0 radical (unpaired) electrons. The Morgan fingerprint density at radius 1 is 1.28 bits per heavy atom. The number of Topliss-reactive ketones (excluding diaryl/α,β-unsaturated/α-hetero) is 1. The fourth-order valence-electron chi connectivity index (χ4n) is 1.49. The van der Waals surface area contributed by atoms with E-state index in [0.29, 0.717) is 12.2 Å². The fourth-order valence-corrected chi connectivity index (χ4v) is 3.70. The zero-order chi connectivity index (χ0) is 13.4. The topological polar surface area (TPSA) is 17.1 Å². The third kappa shape index (κ3) is 5.39. The maximum absolute atomic E-state index is 12.1. The van der Waals surface area contributed by atoms with Crippen molar-refractivity contribution >= 4 is 36.8 Å². The van der Waals surface area contributed by atoms with Gasteiger partial charge in [0.25, 0.3) is 0 Å². The van der Waals surface area contributed by atoms with Crippen LogP contribution in [-0.2, 0) is 4.79 Å². The number of halogens is 1. The van der Waals surface area contributed by atoms with Crippen molar-refractivity contribution in [3.05, 3.63) is 39.8 Å². The molecule has 0 aliphatic carbocycles. The minimum absolute atomic E-state index is 0.103. The summed E-state index contributed by atoms with van der Waals surface area (Å²) in [6.07, 6.45) is 5.72. The zero-order valence-corrected chi connectivity index (χ0v) is 13.4. The van der Waals surface area contributed by atoms with Gasteiger partial charge in [-0.1, -0.05) is 0 Å². The van der Waals surface area contributed by atoms with E-state index in [1.165, 1.54) is 4.46 Å². The van der Waals surface area contributed by atoms with E-state index in [0.717, 1.165) is 28.8 Å². The molecule has 1 nitrogen and oxygen atoms in total. The van der Waals surface area contributed by atoms with Crippen LogP contribution in [-0.4, -0.2) is 20.7 Å². The Balaban J connectivity index is 2.71. The van der Waals surface area contributed by atoms with Gasteiger partial charge in [0.2, 0.25) is 0 Å². The van der Waals surface area contributed by atoms with Gasteiger partial charge in [0.05, 0.1) is 0 Å². The third-order valence-electron chi connectivity index (χ3n) is 2.46. The van der Waals surface area contributed by atoms with Gasteiger partial charge in [0.1, 0.15) is 0 Å². The Labute approximate surface area is 121 Å². The Morgan fingerprint density at radius 2 is 1.94 bits per heavy atom. The van der Waals surface area contributed by atoms with E-state index in [9.17, 15) is 4.79 Å². The number of rotatable bonds is 7. The zero-order valence-electron chi connectivity index (χ0n) is 10.9. The van der Waals surface area contributed by atoms with Gasteiger partial charge < -0.3 is 0 Å². The number of ketones is 1. The Morgan fingerprint density at radius 3 is 2.50 bits per heavy atom. The molecule has 1 aromatic carbocycles. The number of carbonyl (C=O) groups excluding carboxylic acids is 1. The predicted molar refractivity (Wildman–Crippen MR) is 79.7 cm³/mol. The quantitative estimate of drug-likeness (QED) is 0.550. The number of hydrogen-bond donors (Lipinski definition) is 0. The van der Waals surface area contributed by atoms with Gasteiger partial charge in [-0.25, -0.2) is 0 Å². The third-order valence-corrected chi connectivity index (χ3v) is 5.07. The summed E-state index contributed by atoms with van der Waals surface area (Å²) in [5.74, 6) is 0.314. The Kier molecular flexibility index (Phi) is 7.34. The van der Waals surface area contributed by atoms with E-state index in [2.05, 4.69) is 19.9 Å². The van der Waals surface area contributed by atoms with Crippen LogP contribution in [0, 0.1) is 0 Å². The first-order valence-electron chi connectivity index (χ1n) is 6.34. The van der Waals surface area contributed by atoms with Crippen LogP contribution in [0.25, 0.3) is 0 Å². The van der Waals surface area contributed by atoms with Gasteiger partial charge in [0.15, 0.2) is 0 Å². The molecule has 0 saturated heterocycles.